The van der Waals surface area contributed by atoms with E-state index in [0.717, 1.165) is 16.5 Å². The zero-order valence-electron chi connectivity index (χ0n) is 13.0. The first-order valence-electron chi connectivity index (χ1n) is 7.01. The van der Waals surface area contributed by atoms with Gasteiger partial charge in [0.05, 0.1) is 0 Å². The molecular weight excluding hydrogens is 298 g/mol. The van der Waals surface area contributed by atoms with Gasteiger partial charge < -0.3 is 21.2 Å². The average molecular weight is 319 g/mol. The van der Waals surface area contributed by atoms with Gasteiger partial charge in [-0.1, -0.05) is 51.2 Å². The number of ether oxygens (including phenoxy) is 1. The standard InChI is InChI=1S/C16H21N3O2S/c1-15(2,3)16(13(17)22,21-14(18)20)8-10-9-19-12-7-5-4-6-11(10)12/h4-7,9,19H,8H2,1-3H3,(H2,17,22)(H2,18,20)/t16-/m0/s1. The number of H-pyrrole nitrogens is 1. The fraction of sp³-hybridized carbons (Fsp3) is 0.375. The molecule has 0 aliphatic heterocycles. The minimum atomic E-state index is -1.15. The Kier molecular flexibility index (Phi) is 4.15. The SMILES string of the molecule is CC(C)(C)[C@@](Cc1c[nH]c2ccccc12)(OC(N)=O)C(N)=S. The third kappa shape index (κ3) is 2.78. The van der Waals surface area contributed by atoms with Crippen LogP contribution in [0.25, 0.3) is 10.9 Å². The van der Waals surface area contributed by atoms with Gasteiger partial charge in [-0.05, 0) is 11.6 Å². The molecule has 2 aromatic rings. The van der Waals surface area contributed by atoms with E-state index in [2.05, 4.69) is 4.98 Å². The van der Waals surface area contributed by atoms with E-state index < -0.39 is 17.1 Å². The Morgan fingerprint density at radius 3 is 2.45 bits per heavy atom. The maximum absolute atomic E-state index is 11.4. The van der Waals surface area contributed by atoms with Crippen LogP contribution in [-0.2, 0) is 11.2 Å². The molecule has 5 nitrogen and oxygen atoms in total. The van der Waals surface area contributed by atoms with Gasteiger partial charge >= 0.3 is 6.09 Å². The number of rotatable bonds is 4. The van der Waals surface area contributed by atoms with Crippen LogP contribution in [0.5, 0.6) is 0 Å². The van der Waals surface area contributed by atoms with Gasteiger partial charge in [0.2, 0.25) is 0 Å². The monoisotopic (exact) mass is 319 g/mol. The summed E-state index contributed by atoms with van der Waals surface area (Å²) in [6, 6.07) is 7.88. The van der Waals surface area contributed by atoms with Crippen molar-refractivity contribution in [3.8, 4) is 0 Å². The maximum Gasteiger partial charge on any atom is 0.405 e. The summed E-state index contributed by atoms with van der Waals surface area (Å²) >= 11 is 5.23. The van der Waals surface area contributed by atoms with E-state index in [-0.39, 0.29) is 4.99 Å². The molecule has 0 saturated heterocycles. The largest absolute Gasteiger partial charge is 0.435 e. The number of aromatic nitrogens is 1. The molecule has 0 spiro atoms. The third-order valence-corrected chi connectivity index (χ3v) is 4.33. The lowest BCUT2D eigenvalue weighted by Gasteiger charge is -2.42. The molecule has 0 aliphatic carbocycles. The number of thiocarbonyl (C=S) groups is 1. The van der Waals surface area contributed by atoms with Gasteiger partial charge in [-0.15, -0.1) is 0 Å². The zero-order chi connectivity index (χ0) is 16.5. The van der Waals surface area contributed by atoms with Crippen LogP contribution in [-0.4, -0.2) is 21.7 Å². The van der Waals surface area contributed by atoms with E-state index in [1.165, 1.54) is 0 Å². The number of carbonyl (C=O) groups is 1. The second-order valence-corrected chi connectivity index (χ2v) is 6.84. The second kappa shape index (κ2) is 5.61. The summed E-state index contributed by atoms with van der Waals surface area (Å²) in [5.41, 5.74) is 11.5. The highest BCUT2D eigenvalue weighted by atomic mass is 32.1. The number of nitrogens with one attached hydrogen (secondary N) is 1. The van der Waals surface area contributed by atoms with Crippen LogP contribution in [0.4, 0.5) is 4.79 Å². The fourth-order valence-electron chi connectivity index (χ4n) is 2.68. The Labute approximate surface area is 135 Å². The summed E-state index contributed by atoms with van der Waals surface area (Å²) in [4.78, 5) is 14.7. The minimum absolute atomic E-state index is 0.115. The molecule has 1 aromatic carbocycles. The first kappa shape index (κ1) is 16.3. The Morgan fingerprint density at radius 2 is 1.91 bits per heavy atom. The first-order valence-corrected chi connectivity index (χ1v) is 7.41. The molecule has 5 N–H and O–H groups in total. The number of hydrogen-bond acceptors (Lipinski definition) is 3. The lowest BCUT2D eigenvalue weighted by molar-refractivity contribution is -0.00862. The van der Waals surface area contributed by atoms with Gasteiger partial charge in [0.15, 0.2) is 5.60 Å². The van der Waals surface area contributed by atoms with Crippen LogP contribution in [0.3, 0.4) is 0 Å². The lowest BCUT2D eigenvalue weighted by atomic mass is 9.72. The number of primary amides is 1. The molecule has 1 heterocycles. The molecule has 118 valence electrons. The van der Waals surface area contributed by atoms with E-state index in [0.29, 0.717) is 6.42 Å². The van der Waals surface area contributed by atoms with Crippen molar-refractivity contribution in [2.45, 2.75) is 32.8 Å². The molecule has 0 unspecified atom stereocenters. The smallest absolute Gasteiger partial charge is 0.405 e. The fourth-order valence-corrected chi connectivity index (χ4v) is 3.10. The number of para-hydroxylation sites is 1. The van der Waals surface area contributed by atoms with Crippen LogP contribution in [0.15, 0.2) is 30.5 Å². The molecule has 6 heteroatoms. The van der Waals surface area contributed by atoms with Crippen LogP contribution < -0.4 is 11.5 Å². The summed E-state index contributed by atoms with van der Waals surface area (Å²) in [5.74, 6) is 0. The maximum atomic E-state index is 11.4. The zero-order valence-corrected chi connectivity index (χ0v) is 13.8. The van der Waals surface area contributed by atoms with Crippen LogP contribution >= 0.6 is 12.2 Å². The molecule has 0 bridgehead atoms. The molecular formula is C16H21N3O2S. The molecule has 22 heavy (non-hydrogen) atoms. The molecule has 0 radical (unpaired) electrons. The van der Waals surface area contributed by atoms with E-state index in [1.807, 2.05) is 51.2 Å². The van der Waals surface area contributed by atoms with Crippen molar-refractivity contribution in [1.29, 1.82) is 0 Å². The summed E-state index contributed by atoms with van der Waals surface area (Å²) in [5, 5.41) is 1.04. The topological polar surface area (TPSA) is 94.1 Å². The van der Waals surface area contributed by atoms with Crippen LogP contribution in [0, 0.1) is 5.41 Å². The molecule has 1 amide bonds. The Bertz CT molecular complexity index is 717. The lowest BCUT2D eigenvalue weighted by Crippen LogP contribution is -2.58. The van der Waals surface area contributed by atoms with Crippen molar-refractivity contribution in [2.24, 2.45) is 16.9 Å². The van der Waals surface area contributed by atoms with E-state index in [9.17, 15) is 4.79 Å². The van der Waals surface area contributed by atoms with Crippen LogP contribution in [0.2, 0.25) is 0 Å². The van der Waals surface area contributed by atoms with E-state index in [1.54, 1.807) is 0 Å². The minimum Gasteiger partial charge on any atom is -0.435 e. The molecule has 2 rings (SSSR count). The van der Waals surface area contributed by atoms with Crippen molar-refractivity contribution in [3.63, 3.8) is 0 Å². The molecule has 0 fully saturated rings. The molecule has 1 atom stereocenters. The Balaban J connectivity index is 2.54. The van der Waals surface area contributed by atoms with Crippen molar-refractivity contribution in [3.05, 3.63) is 36.0 Å². The number of aromatic amines is 1. The second-order valence-electron chi connectivity index (χ2n) is 6.40. The van der Waals surface area contributed by atoms with Gasteiger partial charge in [-0.2, -0.15) is 0 Å². The van der Waals surface area contributed by atoms with Crippen LogP contribution in [0.1, 0.15) is 26.3 Å². The summed E-state index contributed by atoms with van der Waals surface area (Å²) < 4.78 is 5.44. The molecule has 0 saturated carbocycles. The Hall–Kier alpha value is -2.08. The average Bonchev–Trinajstić information content (AvgIpc) is 2.79. The van der Waals surface area contributed by atoms with Gasteiger partial charge in [-0.3, -0.25) is 0 Å². The number of benzene rings is 1. The summed E-state index contributed by atoms with van der Waals surface area (Å²) in [6.07, 6.45) is 1.36. The highest BCUT2D eigenvalue weighted by molar-refractivity contribution is 7.80. The van der Waals surface area contributed by atoms with Gasteiger partial charge in [-0.25, -0.2) is 4.79 Å². The molecule has 0 aliphatic rings. The van der Waals surface area contributed by atoms with E-state index >= 15 is 0 Å². The van der Waals surface area contributed by atoms with Crippen molar-refractivity contribution >= 4 is 34.2 Å². The summed E-state index contributed by atoms with van der Waals surface area (Å²) in [7, 11) is 0. The quantitative estimate of drug-likeness (QED) is 0.755. The third-order valence-electron chi connectivity index (χ3n) is 4.00. The normalized spacial score (nSPS) is 14.5. The van der Waals surface area contributed by atoms with Crippen molar-refractivity contribution < 1.29 is 9.53 Å². The highest BCUT2D eigenvalue weighted by Crippen LogP contribution is 2.38. The van der Waals surface area contributed by atoms with E-state index in [4.69, 9.17) is 28.4 Å². The Morgan fingerprint density at radius 1 is 1.27 bits per heavy atom. The van der Waals surface area contributed by atoms with Crippen molar-refractivity contribution in [2.75, 3.05) is 0 Å². The first-order chi connectivity index (χ1) is 10.2. The number of hydrogen-bond donors (Lipinski definition) is 3. The number of amides is 1. The summed E-state index contributed by atoms with van der Waals surface area (Å²) in [6.45, 7) is 5.76. The number of fused-ring (bicyclic) bond motifs is 1. The van der Waals surface area contributed by atoms with Gasteiger partial charge in [0.25, 0.3) is 0 Å². The number of carbonyl (C=O) groups excluding carboxylic acids is 1. The van der Waals surface area contributed by atoms with Gasteiger partial charge in [0, 0.05) is 28.9 Å². The van der Waals surface area contributed by atoms with Gasteiger partial charge in [0.1, 0.15) is 4.99 Å². The molecule has 1 aromatic heterocycles. The number of nitrogens with two attached hydrogens (primary N) is 2. The predicted octanol–water partition coefficient (Wildman–Crippen LogP) is 2.88. The highest BCUT2D eigenvalue weighted by Gasteiger charge is 2.48. The van der Waals surface area contributed by atoms with Crippen molar-refractivity contribution in [1.82, 2.24) is 4.98 Å². The predicted molar refractivity (Wildman–Crippen MR) is 91.6 cm³/mol.